The minimum atomic E-state index is -0.877. The number of hydrogen-bond acceptors (Lipinski definition) is 8. The number of aliphatic hydroxyl groups excluding tert-OH is 1. The second-order valence-corrected chi connectivity index (χ2v) is 16.4. The van der Waals surface area contributed by atoms with Crippen molar-refractivity contribution in [2.24, 2.45) is 23.7 Å². The van der Waals surface area contributed by atoms with Crippen molar-refractivity contribution in [2.75, 3.05) is 34.9 Å². The molecule has 54 heavy (non-hydrogen) atoms. The molecule has 2 rings (SSSR count). The molecule has 1 aromatic carbocycles. The first-order valence-corrected chi connectivity index (χ1v) is 20.0. The highest BCUT2D eigenvalue weighted by Crippen LogP contribution is 2.30. The fraction of sp³-hybridized carbons (Fsp3) is 0.762. The molecule has 10 atom stereocenters. The highest BCUT2D eigenvalue weighted by molar-refractivity contribution is 5.90. The third kappa shape index (κ3) is 12.0. The zero-order valence-electron chi connectivity index (χ0n) is 35.7. The van der Waals surface area contributed by atoms with Crippen molar-refractivity contribution in [2.45, 2.75) is 149 Å². The van der Waals surface area contributed by atoms with Gasteiger partial charge in [0.1, 0.15) is 6.04 Å². The number of likely N-dealkylation sites (N-methyl/N-ethyl adjacent to an activating group) is 2. The number of carbonyl (C=O) groups excluding carboxylic acids is 4. The molecule has 1 unspecified atom stereocenters. The molecule has 1 fully saturated rings. The van der Waals surface area contributed by atoms with E-state index in [9.17, 15) is 24.3 Å². The van der Waals surface area contributed by atoms with E-state index in [1.807, 2.05) is 90.7 Å². The summed E-state index contributed by atoms with van der Waals surface area (Å²) >= 11 is 0. The van der Waals surface area contributed by atoms with Gasteiger partial charge < -0.3 is 35.0 Å². The Morgan fingerprint density at radius 2 is 1.50 bits per heavy atom. The van der Waals surface area contributed by atoms with Crippen LogP contribution >= 0.6 is 0 Å². The Morgan fingerprint density at radius 1 is 0.889 bits per heavy atom. The summed E-state index contributed by atoms with van der Waals surface area (Å²) in [7, 11) is 6.80. The molecule has 0 spiro atoms. The van der Waals surface area contributed by atoms with E-state index < -0.39 is 48.4 Å². The van der Waals surface area contributed by atoms with Crippen molar-refractivity contribution in [3.8, 4) is 0 Å². The maximum atomic E-state index is 14.3. The zero-order valence-corrected chi connectivity index (χ0v) is 35.7. The van der Waals surface area contributed by atoms with E-state index in [0.29, 0.717) is 18.5 Å². The molecular formula is C42H73N5O7. The summed E-state index contributed by atoms with van der Waals surface area (Å²) in [5, 5.41) is 16.9. The standard InChI is InChI=1S/C42H73N5O7/c1-15-28(8)37(46(12)42(52)35(25(2)3)44-41(51)36(26(4)5)45(11)27(6)7)33(53-13)24-34(48)47-23-19-22-32(47)39(54-14)29(9)40(50)43-30(10)38(49)31-20-17-16-18-21-31/h16-18,20-21,25-30,32-33,35-39,49H,15,19,22-24H2,1-14H3,(H,43,50)(H,44,51)/t28-,29+,30+,32-,33+,35-,36?,37-,38+,39+/m0/s1. The number of amides is 4. The smallest absolute Gasteiger partial charge is 0.245 e. The molecular weight excluding hydrogens is 686 g/mol. The highest BCUT2D eigenvalue weighted by Gasteiger charge is 2.43. The molecule has 0 aromatic heterocycles. The number of carbonyl (C=O) groups is 4. The number of methoxy groups -OCH3 is 2. The monoisotopic (exact) mass is 760 g/mol. The van der Waals surface area contributed by atoms with Gasteiger partial charge in [0, 0.05) is 33.9 Å². The van der Waals surface area contributed by atoms with Crippen molar-refractivity contribution in [1.29, 1.82) is 0 Å². The van der Waals surface area contributed by atoms with Gasteiger partial charge in [-0.25, -0.2) is 0 Å². The molecule has 1 aliphatic rings. The summed E-state index contributed by atoms with van der Waals surface area (Å²) in [6.45, 7) is 20.1. The maximum Gasteiger partial charge on any atom is 0.245 e. The van der Waals surface area contributed by atoms with Crippen molar-refractivity contribution in [3.05, 3.63) is 35.9 Å². The van der Waals surface area contributed by atoms with Gasteiger partial charge in [-0.05, 0) is 64.0 Å². The molecule has 3 N–H and O–H groups in total. The van der Waals surface area contributed by atoms with Gasteiger partial charge >= 0.3 is 0 Å². The Kier molecular flexibility index (Phi) is 19.1. The molecule has 308 valence electrons. The number of nitrogens with zero attached hydrogens (tertiary/aromatic N) is 3. The molecule has 0 bridgehead atoms. The van der Waals surface area contributed by atoms with Crippen molar-refractivity contribution in [1.82, 2.24) is 25.3 Å². The summed E-state index contributed by atoms with van der Waals surface area (Å²) in [6, 6.07) is 6.85. The molecule has 1 saturated heterocycles. The number of aliphatic hydroxyl groups is 1. The lowest BCUT2D eigenvalue weighted by Crippen LogP contribution is -2.60. The quantitative estimate of drug-likeness (QED) is 0.165. The third-order valence-electron chi connectivity index (χ3n) is 11.6. The number of nitrogens with one attached hydrogen (secondary N) is 2. The first-order valence-electron chi connectivity index (χ1n) is 20.0. The van der Waals surface area contributed by atoms with Crippen LogP contribution in [0.25, 0.3) is 0 Å². The lowest BCUT2D eigenvalue weighted by molar-refractivity contribution is -0.148. The van der Waals surface area contributed by atoms with Gasteiger partial charge in [0.05, 0.1) is 54.8 Å². The molecule has 1 heterocycles. The van der Waals surface area contributed by atoms with Crippen LogP contribution in [-0.4, -0.2) is 127 Å². The summed E-state index contributed by atoms with van der Waals surface area (Å²) in [5.41, 5.74) is 0.711. The molecule has 0 saturated carbocycles. The van der Waals surface area contributed by atoms with E-state index in [2.05, 4.69) is 17.6 Å². The molecule has 12 nitrogen and oxygen atoms in total. The Morgan fingerprint density at radius 3 is 2.00 bits per heavy atom. The summed E-state index contributed by atoms with van der Waals surface area (Å²) in [6.07, 6.45) is 0.136. The van der Waals surface area contributed by atoms with E-state index in [1.54, 1.807) is 44.9 Å². The number of hydrogen-bond donors (Lipinski definition) is 3. The molecule has 1 aliphatic heterocycles. The summed E-state index contributed by atoms with van der Waals surface area (Å²) in [5.74, 6) is -1.57. The number of rotatable bonds is 21. The third-order valence-corrected chi connectivity index (χ3v) is 11.6. The van der Waals surface area contributed by atoms with Crippen molar-refractivity contribution in [3.63, 3.8) is 0 Å². The highest BCUT2D eigenvalue weighted by atomic mass is 16.5. The summed E-state index contributed by atoms with van der Waals surface area (Å²) in [4.78, 5) is 61.3. The average molecular weight is 760 g/mol. The molecule has 0 aliphatic carbocycles. The van der Waals surface area contributed by atoms with Gasteiger partial charge in [0.2, 0.25) is 23.6 Å². The number of ether oxygens (including phenoxy) is 2. The van der Waals surface area contributed by atoms with Crippen LogP contribution in [0.3, 0.4) is 0 Å². The molecule has 4 amide bonds. The van der Waals surface area contributed by atoms with Crippen LogP contribution in [0.15, 0.2) is 30.3 Å². The maximum absolute atomic E-state index is 14.3. The largest absolute Gasteiger partial charge is 0.386 e. The van der Waals surface area contributed by atoms with Gasteiger partial charge in [0.25, 0.3) is 0 Å². The fourth-order valence-corrected chi connectivity index (χ4v) is 7.93. The van der Waals surface area contributed by atoms with Crippen LogP contribution < -0.4 is 10.6 Å². The van der Waals surface area contributed by atoms with Gasteiger partial charge in [0.15, 0.2) is 0 Å². The van der Waals surface area contributed by atoms with E-state index in [-0.39, 0.29) is 59.9 Å². The predicted molar refractivity (Wildman–Crippen MR) is 213 cm³/mol. The zero-order chi connectivity index (χ0) is 41.0. The average Bonchev–Trinajstić information content (AvgIpc) is 3.62. The first kappa shape index (κ1) is 47.1. The Hall–Kier alpha value is -3.06. The molecule has 12 heteroatoms. The Labute approximate surface area is 326 Å². The van der Waals surface area contributed by atoms with E-state index in [4.69, 9.17) is 9.47 Å². The van der Waals surface area contributed by atoms with Gasteiger partial charge in [-0.3, -0.25) is 24.1 Å². The van der Waals surface area contributed by atoms with Crippen LogP contribution in [0, 0.1) is 23.7 Å². The van der Waals surface area contributed by atoms with Crippen LogP contribution in [0.1, 0.15) is 107 Å². The normalized spacial score (nSPS) is 19.9. The van der Waals surface area contributed by atoms with Crippen molar-refractivity contribution < 1.29 is 33.8 Å². The SMILES string of the molecule is CC[C@H](C)[C@@H]([C@@H](CC(=O)N1CCC[C@H]1[C@H](OC)[C@@H](C)C(=O)N[C@H](C)[C@@H](O)c1ccccc1)OC)N(C)C(=O)[C@@H](NC(=O)C(C(C)C)N(C)C(C)C)C(C)C. The van der Waals surface area contributed by atoms with E-state index in [0.717, 1.165) is 12.8 Å². The molecule has 0 radical (unpaired) electrons. The molecule has 1 aromatic rings. The number of likely N-dealkylation sites (tertiary alicyclic amines) is 1. The Balaban J connectivity index is 2.27. The predicted octanol–water partition coefficient (Wildman–Crippen LogP) is 4.65. The van der Waals surface area contributed by atoms with Crippen LogP contribution in [0.4, 0.5) is 0 Å². The fourth-order valence-electron chi connectivity index (χ4n) is 7.93. The van der Waals surface area contributed by atoms with E-state index >= 15 is 0 Å². The first-order chi connectivity index (χ1) is 25.3. The lowest BCUT2D eigenvalue weighted by atomic mass is 9.89. The van der Waals surface area contributed by atoms with Gasteiger partial charge in [-0.15, -0.1) is 0 Å². The van der Waals surface area contributed by atoms with Crippen molar-refractivity contribution >= 4 is 23.6 Å². The van der Waals surface area contributed by atoms with Gasteiger partial charge in [-0.2, -0.15) is 0 Å². The minimum absolute atomic E-state index is 0.0197. The second-order valence-electron chi connectivity index (χ2n) is 16.4. The van der Waals surface area contributed by atoms with Crippen LogP contribution in [0.5, 0.6) is 0 Å². The van der Waals surface area contributed by atoms with E-state index in [1.165, 1.54) is 0 Å². The second kappa shape index (κ2) is 21.9. The van der Waals surface area contributed by atoms with Crippen LogP contribution in [0.2, 0.25) is 0 Å². The lowest BCUT2D eigenvalue weighted by Gasteiger charge is -2.41. The number of benzene rings is 1. The van der Waals surface area contributed by atoms with Gasteiger partial charge in [-0.1, -0.05) is 85.2 Å². The van der Waals surface area contributed by atoms with Crippen LogP contribution in [-0.2, 0) is 28.7 Å². The Bertz CT molecular complexity index is 1330. The topological polar surface area (TPSA) is 141 Å². The minimum Gasteiger partial charge on any atom is -0.386 e. The summed E-state index contributed by atoms with van der Waals surface area (Å²) < 4.78 is 12.0.